The van der Waals surface area contributed by atoms with Crippen molar-refractivity contribution in [3.05, 3.63) is 28.2 Å². The predicted molar refractivity (Wildman–Crippen MR) is 124 cm³/mol. The van der Waals surface area contributed by atoms with Crippen LogP contribution in [0.5, 0.6) is 0 Å². The van der Waals surface area contributed by atoms with Gasteiger partial charge >= 0.3 is 0 Å². The normalized spacial score (nSPS) is 15.0. The summed E-state index contributed by atoms with van der Waals surface area (Å²) >= 11 is 3.42. The molecule has 1 aliphatic heterocycles. The number of hydrogen-bond donors (Lipinski definition) is 3. The first kappa shape index (κ1) is 24.1. The highest BCUT2D eigenvalue weighted by Crippen LogP contribution is 2.20. The molecular formula is C18H29BrIN5O2. The topological polar surface area (TPSA) is 78.0 Å². The number of guanidine groups is 1. The van der Waals surface area contributed by atoms with Crippen LogP contribution < -0.4 is 16.0 Å². The molecule has 7 nitrogen and oxygen atoms in total. The molecule has 1 aromatic rings. The zero-order chi connectivity index (χ0) is 18.8. The lowest BCUT2D eigenvalue weighted by Crippen LogP contribution is -2.44. The molecule has 1 heterocycles. The second-order valence-electron chi connectivity index (χ2n) is 6.08. The van der Waals surface area contributed by atoms with Crippen LogP contribution in [-0.2, 0) is 9.53 Å². The first-order valence-corrected chi connectivity index (χ1v) is 9.76. The Hall–Kier alpha value is -0.910. The van der Waals surface area contributed by atoms with Gasteiger partial charge in [0.15, 0.2) is 5.96 Å². The van der Waals surface area contributed by atoms with Gasteiger partial charge in [-0.25, -0.2) is 4.99 Å². The summed E-state index contributed by atoms with van der Waals surface area (Å²) in [6.07, 6.45) is 0. The minimum Gasteiger partial charge on any atom is -0.379 e. The van der Waals surface area contributed by atoms with E-state index in [1.54, 1.807) is 0 Å². The summed E-state index contributed by atoms with van der Waals surface area (Å²) in [5, 5.41) is 9.35. The number of anilines is 1. The molecule has 0 bridgehead atoms. The molecule has 152 valence electrons. The van der Waals surface area contributed by atoms with Crippen LogP contribution in [0.3, 0.4) is 0 Å². The zero-order valence-corrected chi connectivity index (χ0v) is 19.8. The van der Waals surface area contributed by atoms with Crippen molar-refractivity contribution in [1.29, 1.82) is 0 Å². The predicted octanol–water partition coefficient (Wildman–Crippen LogP) is 2.20. The fraction of sp³-hybridized carbons (Fsp3) is 0.556. The molecule has 0 aromatic heterocycles. The molecule has 0 saturated carbocycles. The molecule has 1 aliphatic rings. The number of morpholine rings is 1. The maximum atomic E-state index is 12.2. The van der Waals surface area contributed by atoms with Crippen molar-refractivity contribution in [3.8, 4) is 0 Å². The average molecular weight is 554 g/mol. The number of halogens is 2. The highest BCUT2D eigenvalue weighted by Gasteiger charge is 2.10. The molecule has 1 amide bonds. The van der Waals surface area contributed by atoms with Crippen molar-refractivity contribution < 1.29 is 9.53 Å². The van der Waals surface area contributed by atoms with Crippen molar-refractivity contribution in [2.24, 2.45) is 4.99 Å². The van der Waals surface area contributed by atoms with Gasteiger partial charge in [0.1, 0.15) is 6.54 Å². The monoisotopic (exact) mass is 553 g/mol. The molecule has 1 saturated heterocycles. The van der Waals surface area contributed by atoms with Crippen LogP contribution >= 0.6 is 39.9 Å². The molecule has 0 aliphatic carbocycles. The summed E-state index contributed by atoms with van der Waals surface area (Å²) in [5.41, 5.74) is 1.81. The smallest absolute Gasteiger partial charge is 0.246 e. The summed E-state index contributed by atoms with van der Waals surface area (Å²) in [5.74, 6) is 0.512. The van der Waals surface area contributed by atoms with Crippen molar-refractivity contribution in [3.63, 3.8) is 0 Å². The van der Waals surface area contributed by atoms with Gasteiger partial charge in [0.2, 0.25) is 5.91 Å². The van der Waals surface area contributed by atoms with E-state index in [1.807, 2.05) is 32.0 Å². The third-order valence-electron chi connectivity index (χ3n) is 4.02. The Kier molecular flexibility index (Phi) is 11.9. The number of carbonyl (C=O) groups excluding carboxylic acids is 1. The first-order valence-electron chi connectivity index (χ1n) is 8.96. The van der Waals surface area contributed by atoms with Gasteiger partial charge in [-0.1, -0.05) is 22.0 Å². The number of hydrogen-bond acceptors (Lipinski definition) is 4. The summed E-state index contributed by atoms with van der Waals surface area (Å²) in [7, 11) is 0. The van der Waals surface area contributed by atoms with Gasteiger partial charge in [0, 0.05) is 42.9 Å². The Labute approximate surface area is 186 Å². The maximum absolute atomic E-state index is 12.2. The van der Waals surface area contributed by atoms with E-state index < -0.39 is 0 Å². The van der Waals surface area contributed by atoms with Crippen LogP contribution in [-0.4, -0.2) is 69.2 Å². The largest absolute Gasteiger partial charge is 0.379 e. The fourth-order valence-electron chi connectivity index (χ4n) is 2.57. The van der Waals surface area contributed by atoms with Gasteiger partial charge in [0.25, 0.3) is 0 Å². The maximum Gasteiger partial charge on any atom is 0.246 e. The summed E-state index contributed by atoms with van der Waals surface area (Å²) in [6.45, 7) is 10.00. The molecule has 0 spiro atoms. The van der Waals surface area contributed by atoms with Crippen molar-refractivity contribution >= 4 is 57.5 Å². The number of carbonyl (C=O) groups is 1. The molecule has 0 atom stereocenters. The lowest BCUT2D eigenvalue weighted by Gasteiger charge is -2.26. The van der Waals surface area contributed by atoms with E-state index in [9.17, 15) is 4.79 Å². The lowest BCUT2D eigenvalue weighted by molar-refractivity contribution is -0.114. The Morgan fingerprint density at radius 3 is 2.74 bits per heavy atom. The Morgan fingerprint density at radius 1 is 1.30 bits per heavy atom. The minimum atomic E-state index is -0.142. The molecule has 3 N–H and O–H groups in total. The summed E-state index contributed by atoms with van der Waals surface area (Å²) in [4.78, 5) is 18.9. The highest BCUT2D eigenvalue weighted by atomic mass is 127. The van der Waals surface area contributed by atoms with Crippen LogP contribution in [0.4, 0.5) is 5.69 Å². The van der Waals surface area contributed by atoms with Gasteiger partial charge in [-0.15, -0.1) is 24.0 Å². The Morgan fingerprint density at radius 2 is 2.04 bits per heavy atom. The number of amides is 1. The highest BCUT2D eigenvalue weighted by molar-refractivity contribution is 14.0. The van der Waals surface area contributed by atoms with Crippen molar-refractivity contribution in [2.75, 3.05) is 57.8 Å². The molecule has 0 unspecified atom stereocenters. The van der Waals surface area contributed by atoms with E-state index >= 15 is 0 Å². The zero-order valence-electron chi connectivity index (χ0n) is 15.9. The Balaban J connectivity index is 0.00000364. The van der Waals surface area contributed by atoms with Crippen molar-refractivity contribution in [2.45, 2.75) is 13.8 Å². The number of aryl methyl sites for hydroxylation is 1. The van der Waals surface area contributed by atoms with E-state index in [4.69, 9.17) is 4.74 Å². The van der Waals surface area contributed by atoms with E-state index in [2.05, 4.69) is 41.8 Å². The van der Waals surface area contributed by atoms with Gasteiger partial charge in [-0.05, 0) is 31.5 Å². The van der Waals surface area contributed by atoms with Gasteiger partial charge in [-0.3, -0.25) is 9.69 Å². The minimum absolute atomic E-state index is 0. The van der Waals surface area contributed by atoms with E-state index in [-0.39, 0.29) is 36.4 Å². The number of rotatable bonds is 7. The fourth-order valence-corrected chi connectivity index (χ4v) is 2.93. The van der Waals surface area contributed by atoms with E-state index in [0.29, 0.717) is 5.96 Å². The number of nitrogens with one attached hydrogen (secondary N) is 3. The first-order chi connectivity index (χ1) is 12.6. The molecule has 1 fully saturated rings. The summed E-state index contributed by atoms with van der Waals surface area (Å²) < 4.78 is 6.28. The van der Waals surface area contributed by atoms with Crippen LogP contribution in [0.25, 0.3) is 0 Å². The third kappa shape index (κ3) is 9.22. The molecule has 2 rings (SSSR count). The standard InChI is InChI=1S/C18H28BrN5O2.HI/c1-3-20-18(21-6-7-24-8-10-26-11-9-24)22-13-17(25)23-16-12-15(19)5-4-14(16)2;/h4-5,12H,3,6-11,13H2,1-2H3,(H,23,25)(H2,20,21,22);1H. The molecule has 1 aromatic carbocycles. The quantitative estimate of drug-likeness (QED) is 0.274. The third-order valence-corrected chi connectivity index (χ3v) is 4.52. The van der Waals surface area contributed by atoms with Crippen LogP contribution in [0.1, 0.15) is 12.5 Å². The van der Waals surface area contributed by atoms with E-state index in [0.717, 1.165) is 61.7 Å². The molecule has 9 heteroatoms. The number of benzene rings is 1. The molecule has 27 heavy (non-hydrogen) atoms. The second-order valence-corrected chi connectivity index (χ2v) is 7.00. The summed E-state index contributed by atoms with van der Waals surface area (Å²) in [6, 6.07) is 5.80. The van der Waals surface area contributed by atoms with Gasteiger partial charge in [-0.2, -0.15) is 0 Å². The van der Waals surface area contributed by atoms with Gasteiger partial charge in [0.05, 0.1) is 13.2 Å². The van der Waals surface area contributed by atoms with Crippen LogP contribution in [0.15, 0.2) is 27.7 Å². The lowest BCUT2D eigenvalue weighted by atomic mass is 10.2. The number of ether oxygens (including phenoxy) is 1. The SMILES string of the molecule is CCNC(=NCC(=O)Nc1cc(Br)ccc1C)NCCN1CCOCC1.I. The Bertz CT molecular complexity index is 624. The molecular weight excluding hydrogens is 525 g/mol. The molecule has 0 radical (unpaired) electrons. The number of nitrogens with zero attached hydrogens (tertiary/aromatic N) is 2. The van der Waals surface area contributed by atoms with E-state index in [1.165, 1.54) is 0 Å². The van der Waals surface area contributed by atoms with Gasteiger partial charge < -0.3 is 20.7 Å². The van der Waals surface area contributed by atoms with Crippen LogP contribution in [0.2, 0.25) is 0 Å². The number of aliphatic imine (C=N–C) groups is 1. The van der Waals surface area contributed by atoms with Crippen molar-refractivity contribution in [1.82, 2.24) is 15.5 Å². The average Bonchev–Trinajstić information content (AvgIpc) is 2.63. The second kappa shape index (κ2) is 13.3. The van der Waals surface area contributed by atoms with Crippen LogP contribution in [0, 0.1) is 6.92 Å².